The van der Waals surface area contributed by atoms with Crippen molar-refractivity contribution in [3.63, 3.8) is 0 Å². The summed E-state index contributed by atoms with van der Waals surface area (Å²) in [6.45, 7) is 6.40. The zero-order valence-corrected chi connectivity index (χ0v) is 8.84. The van der Waals surface area contributed by atoms with E-state index in [1.54, 1.807) is 0 Å². The molecule has 0 amide bonds. The Morgan fingerprint density at radius 2 is 2.00 bits per heavy atom. The van der Waals surface area contributed by atoms with Crippen LogP contribution in [-0.4, -0.2) is 13.1 Å². The number of carbonyl (C=O) groups excluding carboxylic acids is 1. The molecule has 0 bridgehead atoms. The summed E-state index contributed by atoms with van der Waals surface area (Å²) in [6, 6.07) is 0. The molecule has 0 aliphatic rings. The lowest BCUT2D eigenvalue weighted by Crippen LogP contribution is -2.01. The Kier molecular flexibility index (Phi) is 9.17. The highest BCUT2D eigenvalue weighted by Crippen LogP contribution is 2.13. The molecule has 0 N–H and O–H groups in total. The minimum Gasteiger partial charge on any atom is -0.457 e. The first kappa shape index (κ1) is 12.5. The van der Waals surface area contributed by atoms with Crippen LogP contribution < -0.4 is 0 Å². The van der Waals surface area contributed by atoms with Crippen LogP contribution in [-0.2, 0) is 9.53 Å². The van der Waals surface area contributed by atoms with Crippen LogP contribution in [0.2, 0.25) is 0 Å². The molecule has 0 rings (SSSR count). The molecule has 0 spiro atoms. The molecule has 0 saturated carbocycles. The Labute approximate surface area is 81.7 Å². The Morgan fingerprint density at radius 1 is 1.23 bits per heavy atom. The fourth-order valence-electron chi connectivity index (χ4n) is 1.37. The van der Waals surface area contributed by atoms with E-state index >= 15 is 0 Å². The van der Waals surface area contributed by atoms with Gasteiger partial charge >= 0.3 is 6.47 Å². The quantitative estimate of drug-likeness (QED) is 0.516. The number of hydrogen-bond donors (Lipinski definition) is 0. The monoisotopic (exact) mass is 185 g/mol. The third-order valence-corrected chi connectivity index (χ3v) is 2.32. The maximum atomic E-state index is 9.74. The van der Waals surface area contributed by atoms with Crippen molar-refractivity contribution in [1.82, 2.24) is 0 Å². The van der Waals surface area contributed by atoms with E-state index in [4.69, 9.17) is 0 Å². The smallest absolute Gasteiger partial charge is 0.417 e. The first-order valence-corrected chi connectivity index (χ1v) is 5.30. The predicted octanol–water partition coefficient (Wildman–Crippen LogP) is 3.07. The van der Waals surface area contributed by atoms with E-state index < -0.39 is 0 Å². The molecule has 0 saturated heterocycles. The molecule has 0 aliphatic carbocycles. The largest absolute Gasteiger partial charge is 0.457 e. The van der Waals surface area contributed by atoms with Crippen LogP contribution in [0.1, 0.15) is 52.4 Å². The maximum Gasteiger partial charge on any atom is 0.417 e. The van der Waals surface area contributed by atoms with Crippen LogP contribution in [0.5, 0.6) is 0 Å². The number of unbranched alkanes of at least 4 members (excludes halogenated alkanes) is 3. The summed E-state index contributed by atoms with van der Waals surface area (Å²) in [5.41, 5.74) is 0. The third-order valence-electron chi connectivity index (χ3n) is 2.32. The van der Waals surface area contributed by atoms with Gasteiger partial charge in [0.2, 0.25) is 0 Å². The van der Waals surface area contributed by atoms with Crippen molar-refractivity contribution < 1.29 is 9.53 Å². The van der Waals surface area contributed by atoms with E-state index in [0.29, 0.717) is 12.5 Å². The summed E-state index contributed by atoms with van der Waals surface area (Å²) in [7, 11) is 0. The van der Waals surface area contributed by atoms with Gasteiger partial charge in [0, 0.05) is 0 Å². The lowest BCUT2D eigenvalue weighted by Gasteiger charge is -2.09. The highest BCUT2D eigenvalue weighted by molar-refractivity contribution is 5.37. The maximum absolute atomic E-state index is 9.74. The van der Waals surface area contributed by atoms with Crippen LogP contribution in [0.3, 0.4) is 0 Å². The summed E-state index contributed by atoms with van der Waals surface area (Å²) >= 11 is 0. The summed E-state index contributed by atoms with van der Waals surface area (Å²) in [5.74, 6) is 0.671. The van der Waals surface area contributed by atoms with E-state index in [1.807, 2.05) is 0 Å². The summed E-state index contributed by atoms with van der Waals surface area (Å²) in [6.07, 6.45) is 7.49. The molecule has 0 aromatic carbocycles. The fraction of sp³-hybridized carbons (Fsp3) is 0.909. The molecule has 0 aromatic rings. The minimum atomic E-state index is 0.526. The van der Waals surface area contributed by atoms with E-state index in [-0.39, 0.29) is 0 Å². The van der Waals surface area contributed by atoms with Gasteiger partial charge in [-0.1, -0.05) is 46.0 Å². The topological polar surface area (TPSA) is 26.3 Å². The molecule has 1 atom stereocenters. The van der Waals surface area contributed by atoms with Crippen LogP contribution in [0, 0.1) is 5.92 Å². The Morgan fingerprint density at radius 3 is 2.62 bits per heavy atom. The van der Waals surface area contributed by atoms with Crippen LogP contribution in [0.15, 0.2) is 0 Å². The highest BCUT2D eigenvalue weighted by Gasteiger charge is 2.01. The number of rotatable bonds is 9. The van der Waals surface area contributed by atoms with E-state index in [2.05, 4.69) is 18.6 Å². The van der Waals surface area contributed by atoms with Gasteiger partial charge in [0.25, 0.3) is 0 Å². The van der Waals surface area contributed by atoms with Crippen molar-refractivity contribution in [3.05, 3.63) is 0 Å². The Balaban J connectivity index is 3.09. The van der Waals surface area contributed by atoms with Crippen LogP contribution >= 0.6 is 0 Å². The molecule has 0 aliphatic heterocycles. The molecule has 1 radical (unpaired) electrons. The van der Waals surface area contributed by atoms with Crippen molar-refractivity contribution in [1.29, 1.82) is 0 Å². The van der Waals surface area contributed by atoms with Crippen LogP contribution in [0.25, 0.3) is 0 Å². The van der Waals surface area contributed by atoms with Crippen molar-refractivity contribution in [2.24, 2.45) is 5.92 Å². The first-order valence-electron chi connectivity index (χ1n) is 5.30. The lowest BCUT2D eigenvalue weighted by molar-refractivity contribution is 0.248. The standard InChI is InChI=1S/C11H21O2/c1-3-4-5-6-7-11(2)8-9-13-10-12/h11H,3-9H2,1-2H3. The fourth-order valence-corrected chi connectivity index (χ4v) is 1.37. The highest BCUT2D eigenvalue weighted by atomic mass is 16.5. The molecule has 77 valence electrons. The van der Waals surface area contributed by atoms with Gasteiger partial charge in [-0.15, -0.1) is 0 Å². The van der Waals surface area contributed by atoms with E-state index in [0.717, 1.165) is 6.42 Å². The van der Waals surface area contributed by atoms with Gasteiger partial charge in [-0.25, -0.2) is 4.79 Å². The molecular formula is C11H21O2. The molecule has 1 unspecified atom stereocenters. The van der Waals surface area contributed by atoms with Crippen molar-refractivity contribution >= 4 is 6.47 Å². The van der Waals surface area contributed by atoms with Crippen LogP contribution in [0.4, 0.5) is 0 Å². The van der Waals surface area contributed by atoms with Gasteiger partial charge in [-0.2, -0.15) is 0 Å². The molecule has 2 heteroatoms. The SMILES string of the molecule is CCCCCCC(C)CCO[C]=O. The second kappa shape index (κ2) is 9.56. The number of hydrogen-bond acceptors (Lipinski definition) is 2. The Hall–Kier alpha value is -0.530. The van der Waals surface area contributed by atoms with Crippen molar-refractivity contribution in [3.8, 4) is 0 Å². The van der Waals surface area contributed by atoms with Gasteiger partial charge in [-0.3, -0.25) is 0 Å². The third kappa shape index (κ3) is 9.38. The lowest BCUT2D eigenvalue weighted by atomic mass is 10.00. The van der Waals surface area contributed by atoms with Gasteiger partial charge < -0.3 is 4.74 Å². The normalized spacial score (nSPS) is 12.5. The summed E-state index contributed by atoms with van der Waals surface area (Å²) in [5, 5.41) is 0. The molecule has 0 fully saturated rings. The van der Waals surface area contributed by atoms with Crippen molar-refractivity contribution in [2.45, 2.75) is 52.4 Å². The molecular weight excluding hydrogens is 164 g/mol. The van der Waals surface area contributed by atoms with Gasteiger partial charge in [0.05, 0.1) is 6.61 Å². The predicted molar refractivity (Wildman–Crippen MR) is 54.2 cm³/mol. The zero-order valence-electron chi connectivity index (χ0n) is 8.84. The molecule has 13 heavy (non-hydrogen) atoms. The van der Waals surface area contributed by atoms with Gasteiger partial charge in [0.15, 0.2) is 0 Å². The second-order valence-corrected chi connectivity index (χ2v) is 3.67. The average Bonchev–Trinajstić information content (AvgIpc) is 2.13. The minimum absolute atomic E-state index is 0.526. The molecule has 2 nitrogen and oxygen atoms in total. The zero-order chi connectivity index (χ0) is 9.94. The van der Waals surface area contributed by atoms with Crippen molar-refractivity contribution in [2.75, 3.05) is 6.61 Å². The first-order chi connectivity index (χ1) is 6.31. The molecule has 0 aromatic heterocycles. The average molecular weight is 185 g/mol. The van der Waals surface area contributed by atoms with Gasteiger partial charge in [-0.05, 0) is 12.3 Å². The summed E-state index contributed by atoms with van der Waals surface area (Å²) in [4.78, 5) is 9.74. The van der Waals surface area contributed by atoms with E-state index in [9.17, 15) is 4.79 Å². The number of ether oxygens (including phenoxy) is 1. The van der Waals surface area contributed by atoms with E-state index in [1.165, 1.54) is 38.6 Å². The Bertz CT molecular complexity index is 113. The van der Waals surface area contributed by atoms with Gasteiger partial charge in [0.1, 0.15) is 0 Å². The molecule has 0 heterocycles. The second-order valence-electron chi connectivity index (χ2n) is 3.67. The summed E-state index contributed by atoms with van der Waals surface area (Å²) < 4.78 is 4.53.